The van der Waals surface area contributed by atoms with E-state index < -0.39 is 5.79 Å². The standard InChI is InChI=1S/C14H18ClNO2/c1-9(8-16)10-6-12-13(7-11(10)15)18-14(17-12)4-2-3-5-14/h6-7,9H,2-5,8,16H2,1H3. The lowest BCUT2D eigenvalue weighted by molar-refractivity contribution is -0.0716. The molecule has 1 aliphatic heterocycles. The minimum atomic E-state index is -0.420. The molecule has 1 fully saturated rings. The summed E-state index contributed by atoms with van der Waals surface area (Å²) in [5.41, 5.74) is 6.74. The van der Waals surface area contributed by atoms with Crippen LogP contribution in [0.2, 0.25) is 5.02 Å². The first-order chi connectivity index (χ1) is 8.63. The van der Waals surface area contributed by atoms with Gasteiger partial charge in [-0.1, -0.05) is 18.5 Å². The fourth-order valence-electron chi connectivity index (χ4n) is 2.75. The van der Waals surface area contributed by atoms with Crippen LogP contribution in [0.4, 0.5) is 0 Å². The van der Waals surface area contributed by atoms with Crippen molar-refractivity contribution in [3.63, 3.8) is 0 Å². The second-order valence-electron chi connectivity index (χ2n) is 5.28. The van der Waals surface area contributed by atoms with Gasteiger partial charge in [-0.25, -0.2) is 0 Å². The topological polar surface area (TPSA) is 44.5 Å². The molecule has 1 spiro atoms. The third-order valence-electron chi connectivity index (χ3n) is 3.90. The van der Waals surface area contributed by atoms with Crippen molar-refractivity contribution in [1.82, 2.24) is 0 Å². The molecule has 3 nitrogen and oxygen atoms in total. The molecule has 2 N–H and O–H groups in total. The lowest BCUT2D eigenvalue weighted by Gasteiger charge is -2.21. The van der Waals surface area contributed by atoms with Gasteiger partial charge in [-0.15, -0.1) is 0 Å². The maximum Gasteiger partial charge on any atom is 0.251 e. The Bertz CT molecular complexity index is 469. The van der Waals surface area contributed by atoms with Crippen LogP contribution >= 0.6 is 11.6 Å². The van der Waals surface area contributed by atoms with Crippen molar-refractivity contribution in [2.75, 3.05) is 6.54 Å². The summed E-state index contributed by atoms with van der Waals surface area (Å²) in [4.78, 5) is 0. The quantitative estimate of drug-likeness (QED) is 0.893. The minimum Gasteiger partial charge on any atom is -0.448 e. The summed E-state index contributed by atoms with van der Waals surface area (Å²) in [6.07, 6.45) is 4.24. The van der Waals surface area contributed by atoms with E-state index in [4.69, 9.17) is 26.8 Å². The zero-order valence-electron chi connectivity index (χ0n) is 10.5. The van der Waals surface area contributed by atoms with Crippen molar-refractivity contribution in [1.29, 1.82) is 0 Å². The highest BCUT2D eigenvalue weighted by Gasteiger charge is 2.44. The number of ether oxygens (including phenoxy) is 2. The molecule has 1 unspecified atom stereocenters. The summed E-state index contributed by atoms with van der Waals surface area (Å²) in [6, 6.07) is 3.85. The van der Waals surface area contributed by atoms with Gasteiger partial charge in [0.05, 0.1) is 0 Å². The molecule has 2 aliphatic rings. The van der Waals surface area contributed by atoms with E-state index in [9.17, 15) is 0 Å². The molecule has 1 heterocycles. The number of fused-ring (bicyclic) bond motifs is 1. The van der Waals surface area contributed by atoms with Gasteiger partial charge < -0.3 is 15.2 Å². The van der Waals surface area contributed by atoms with E-state index in [0.29, 0.717) is 11.6 Å². The average Bonchev–Trinajstić information content (AvgIpc) is 2.94. The molecule has 1 aromatic carbocycles. The predicted molar refractivity (Wildman–Crippen MR) is 71.4 cm³/mol. The van der Waals surface area contributed by atoms with Gasteiger partial charge in [-0.3, -0.25) is 0 Å². The van der Waals surface area contributed by atoms with Crippen molar-refractivity contribution >= 4 is 11.6 Å². The molecule has 4 heteroatoms. The maximum atomic E-state index is 6.29. The van der Waals surface area contributed by atoms with Gasteiger partial charge in [0.15, 0.2) is 11.5 Å². The summed E-state index contributed by atoms with van der Waals surface area (Å²) in [5, 5.41) is 0.713. The van der Waals surface area contributed by atoms with Crippen LogP contribution in [-0.2, 0) is 0 Å². The Morgan fingerprint density at radius 1 is 1.28 bits per heavy atom. The first kappa shape index (κ1) is 12.1. The van der Waals surface area contributed by atoms with Gasteiger partial charge in [0.1, 0.15) is 0 Å². The van der Waals surface area contributed by atoms with E-state index >= 15 is 0 Å². The van der Waals surface area contributed by atoms with Crippen LogP contribution in [0.1, 0.15) is 44.1 Å². The second kappa shape index (κ2) is 4.32. The smallest absolute Gasteiger partial charge is 0.251 e. The SMILES string of the molecule is CC(CN)c1cc2c(cc1Cl)OC1(CCCC1)O2. The van der Waals surface area contributed by atoms with E-state index in [2.05, 4.69) is 6.92 Å². The lowest BCUT2D eigenvalue weighted by atomic mass is 10.0. The molecule has 0 radical (unpaired) electrons. The summed E-state index contributed by atoms with van der Waals surface area (Å²) in [7, 11) is 0. The van der Waals surface area contributed by atoms with Crippen LogP contribution < -0.4 is 15.2 Å². The number of hydrogen-bond acceptors (Lipinski definition) is 3. The van der Waals surface area contributed by atoms with Crippen molar-refractivity contribution < 1.29 is 9.47 Å². The van der Waals surface area contributed by atoms with Crippen molar-refractivity contribution in [2.45, 2.75) is 44.3 Å². The summed E-state index contributed by atoms with van der Waals surface area (Å²) < 4.78 is 12.0. The third kappa shape index (κ3) is 1.86. The monoisotopic (exact) mass is 267 g/mol. The Kier molecular flexibility index (Phi) is 2.91. The first-order valence-electron chi connectivity index (χ1n) is 6.55. The van der Waals surface area contributed by atoms with Gasteiger partial charge in [0.2, 0.25) is 0 Å². The minimum absolute atomic E-state index is 0.228. The van der Waals surface area contributed by atoms with Gasteiger partial charge in [-0.05, 0) is 36.9 Å². The highest BCUT2D eigenvalue weighted by Crippen LogP contribution is 2.48. The van der Waals surface area contributed by atoms with E-state index in [1.165, 1.54) is 0 Å². The molecule has 1 saturated carbocycles. The first-order valence-corrected chi connectivity index (χ1v) is 6.93. The van der Waals surface area contributed by atoms with Crippen LogP contribution in [0, 0.1) is 0 Å². The van der Waals surface area contributed by atoms with Crippen molar-refractivity contribution in [3.8, 4) is 11.5 Å². The molecule has 3 rings (SSSR count). The summed E-state index contributed by atoms with van der Waals surface area (Å²) >= 11 is 6.29. The molecule has 0 bridgehead atoms. The number of hydrogen-bond donors (Lipinski definition) is 1. The number of halogens is 1. The van der Waals surface area contributed by atoms with E-state index in [1.807, 2.05) is 12.1 Å². The molecule has 0 saturated heterocycles. The Morgan fingerprint density at radius 2 is 1.89 bits per heavy atom. The molecule has 0 aromatic heterocycles. The van der Waals surface area contributed by atoms with Gasteiger partial charge in [0, 0.05) is 23.9 Å². The van der Waals surface area contributed by atoms with Gasteiger partial charge >= 0.3 is 0 Å². The molecule has 0 amide bonds. The van der Waals surface area contributed by atoms with E-state index in [0.717, 1.165) is 42.7 Å². The van der Waals surface area contributed by atoms with Crippen molar-refractivity contribution in [3.05, 3.63) is 22.7 Å². The lowest BCUT2D eigenvalue weighted by Crippen LogP contribution is -2.34. The fraction of sp³-hybridized carbons (Fsp3) is 0.571. The van der Waals surface area contributed by atoms with Crippen LogP contribution in [0.5, 0.6) is 11.5 Å². The highest BCUT2D eigenvalue weighted by molar-refractivity contribution is 6.31. The van der Waals surface area contributed by atoms with Crippen LogP contribution in [-0.4, -0.2) is 12.3 Å². The van der Waals surface area contributed by atoms with Crippen LogP contribution in [0.3, 0.4) is 0 Å². The Balaban J connectivity index is 1.94. The molecule has 1 atom stereocenters. The number of nitrogens with two attached hydrogens (primary N) is 1. The molecule has 1 aliphatic carbocycles. The Hall–Kier alpha value is -0.930. The second-order valence-corrected chi connectivity index (χ2v) is 5.69. The zero-order chi connectivity index (χ0) is 12.8. The highest BCUT2D eigenvalue weighted by atomic mass is 35.5. The van der Waals surface area contributed by atoms with Crippen LogP contribution in [0.25, 0.3) is 0 Å². The Morgan fingerprint density at radius 3 is 2.50 bits per heavy atom. The van der Waals surface area contributed by atoms with E-state index in [-0.39, 0.29) is 5.92 Å². The number of rotatable bonds is 2. The summed E-state index contributed by atoms with van der Waals surface area (Å²) in [5.74, 6) is 1.40. The molecule has 18 heavy (non-hydrogen) atoms. The number of benzene rings is 1. The summed E-state index contributed by atoms with van der Waals surface area (Å²) in [6.45, 7) is 2.64. The van der Waals surface area contributed by atoms with Crippen molar-refractivity contribution in [2.24, 2.45) is 5.73 Å². The molecule has 98 valence electrons. The molecular weight excluding hydrogens is 250 g/mol. The van der Waals surface area contributed by atoms with Gasteiger partial charge in [0.25, 0.3) is 5.79 Å². The van der Waals surface area contributed by atoms with E-state index in [1.54, 1.807) is 0 Å². The largest absolute Gasteiger partial charge is 0.448 e. The normalized spacial score (nSPS) is 21.5. The van der Waals surface area contributed by atoms with Crippen LogP contribution in [0.15, 0.2) is 12.1 Å². The molecular formula is C14H18ClNO2. The zero-order valence-corrected chi connectivity index (χ0v) is 11.3. The average molecular weight is 268 g/mol. The Labute approximate surface area is 112 Å². The third-order valence-corrected chi connectivity index (χ3v) is 4.23. The van der Waals surface area contributed by atoms with Gasteiger partial charge in [-0.2, -0.15) is 0 Å². The predicted octanol–water partition coefficient (Wildman–Crippen LogP) is 3.44. The molecule has 1 aromatic rings. The fourth-order valence-corrected chi connectivity index (χ4v) is 3.09. The maximum absolute atomic E-state index is 6.29.